The van der Waals surface area contributed by atoms with Gasteiger partial charge in [0.15, 0.2) is 0 Å². The van der Waals surface area contributed by atoms with Crippen molar-refractivity contribution in [3.05, 3.63) is 53.9 Å². The zero-order valence-electron chi connectivity index (χ0n) is 11.6. The third kappa shape index (κ3) is 2.38. The summed E-state index contributed by atoms with van der Waals surface area (Å²) in [6.45, 7) is 0.418. The van der Waals surface area contributed by atoms with Crippen LogP contribution in [0.2, 0.25) is 0 Å². The van der Waals surface area contributed by atoms with Crippen LogP contribution in [0.1, 0.15) is 16.1 Å². The van der Waals surface area contributed by atoms with Gasteiger partial charge in [-0.15, -0.1) is 0 Å². The van der Waals surface area contributed by atoms with E-state index < -0.39 is 11.7 Å². The zero-order chi connectivity index (χ0) is 14.8. The highest BCUT2D eigenvalue weighted by molar-refractivity contribution is 6.52. The molecule has 2 aromatic rings. The molecule has 0 saturated heterocycles. The Hall–Kier alpha value is -2.69. The van der Waals surface area contributed by atoms with Crippen LogP contribution in [0.25, 0.3) is 0 Å². The lowest BCUT2D eigenvalue weighted by atomic mass is 10.1. The van der Waals surface area contributed by atoms with Crippen LogP contribution in [0.3, 0.4) is 0 Å². The molecule has 5 heteroatoms. The lowest BCUT2D eigenvalue weighted by Gasteiger charge is -2.16. The van der Waals surface area contributed by atoms with Gasteiger partial charge in [-0.3, -0.25) is 14.6 Å². The Labute approximate surface area is 122 Å². The highest BCUT2D eigenvalue weighted by Crippen LogP contribution is 2.32. The van der Waals surface area contributed by atoms with Gasteiger partial charge in [0, 0.05) is 30.9 Å². The molecule has 0 aliphatic carbocycles. The average Bonchev–Trinajstić information content (AvgIpc) is 2.77. The summed E-state index contributed by atoms with van der Waals surface area (Å²) in [6, 6.07) is 10.7. The smallest absolute Gasteiger partial charge is 0.299 e. The lowest BCUT2D eigenvalue weighted by molar-refractivity contribution is -0.114. The third-order valence-electron chi connectivity index (χ3n) is 3.50. The Morgan fingerprint density at radius 3 is 2.76 bits per heavy atom. The van der Waals surface area contributed by atoms with E-state index in [4.69, 9.17) is 4.74 Å². The number of nitrogens with zero attached hydrogens (tertiary/aromatic N) is 2. The summed E-state index contributed by atoms with van der Waals surface area (Å²) in [5.74, 6) is -0.332. The number of hydrogen-bond donors (Lipinski definition) is 0. The lowest BCUT2D eigenvalue weighted by Crippen LogP contribution is -2.31. The van der Waals surface area contributed by atoms with Crippen LogP contribution < -0.4 is 9.64 Å². The molecule has 5 nitrogen and oxygen atoms in total. The molecular formula is C16H14N2O3. The van der Waals surface area contributed by atoms with Gasteiger partial charge in [0.05, 0.1) is 18.4 Å². The van der Waals surface area contributed by atoms with Gasteiger partial charge in [-0.2, -0.15) is 0 Å². The van der Waals surface area contributed by atoms with E-state index >= 15 is 0 Å². The summed E-state index contributed by atoms with van der Waals surface area (Å²) in [5.41, 5.74) is 1.93. The number of anilines is 1. The molecule has 0 fully saturated rings. The Balaban J connectivity index is 1.86. The van der Waals surface area contributed by atoms with Crippen molar-refractivity contribution in [2.75, 3.05) is 18.6 Å². The second-order valence-electron chi connectivity index (χ2n) is 4.74. The van der Waals surface area contributed by atoms with E-state index in [9.17, 15) is 9.59 Å². The van der Waals surface area contributed by atoms with E-state index in [1.165, 1.54) is 4.90 Å². The summed E-state index contributed by atoms with van der Waals surface area (Å²) < 4.78 is 5.16. The summed E-state index contributed by atoms with van der Waals surface area (Å²) in [7, 11) is 1.55. The van der Waals surface area contributed by atoms with Gasteiger partial charge in [0.1, 0.15) is 5.75 Å². The number of amides is 1. The van der Waals surface area contributed by atoms with Crippen LogP contribution in [0.15, 0.2) is 42.6 Å². The fraction of sp³-hybridized carbons (Fsp3) is 0.188. The predicted octanol–water partition coefficient (Wildman–Crippen LogP) is 1.86. The first-order valence-corrected chi connectivity index (χ1v) is 6.65. The molecule has 1 amide bonds. The molecule has 0 N–H and O–H groups in total. The van der Waals surface area contributed by atoms with Gasteiger partial charge in [0.25, 0.3) is 11.7 Å². The molecule has 106 valence electrons. The average molecular weight is 282 g/mol. The van der Waals surface area contributed by atoms with Crippen molar-refractivity contribution in [1.29, 1.82) is 0 Å². The van der Waals surface area contributed by atoms with E-state index in [0.29, 0.717) is 30.0 Å². The van der Waals surface area contributed by atoms with E-state index in [2.05, 4.69) is 4.98 Å². The fourth-order valence-corrected chi connectivity index (χ4v) is 2.40. The molecule has 2 heterocycles. The Bertz CT molecular complexity index is 698. The molecule has 0 unspecified atom stereocenters. The van der Waals surface area contributed by atoms with Crippen molar-refractivity contribution < 1.29 is 14.3 Å². The first-order valence-electron chi connectivity index (χ1n) is 6.65. The summed E-state index contributed by atoms with van der Waals surface area (Å²) in [5, 5.41) is 0. The molecule has 1 aromatic heterocycles. The molecule has 0 bridgehead atoms. The first kappa shape index (κ1) is 13.3. The molecule has 21 heavy (non-hydrogen) atoms. The largest absolute Gasteiger partial charge is 0.497 e. The normalized spacial score (nSPS) is 13.5. The summed E-state index contributed by atoms with van der Waals surface area (Å²) in [6.07, 6.45) is 2.31. The topological polar surface area (TPSA) is 59.5 Å². The van der Waals surface area contributed by atoms with E-state index in [-0.39, 0.29) is 0 Å². The Morgan fingerprint density at radius 1 is 1.19 bits per heavy atom. The SMILES string of the molecule is COc1ccc2c(c1)N(CCc1ccccn1)C(=O)C2=O. The number of ketones is 1. The Morgan fingerprint density at radius 2 is 2.05 bits per heavy atom. The Kier molecular flexibility index (Phi) is 3.39. The first-order chi connectivity index (χ1) is 10.2. The van der Waals surface area contributed by atoms with Gasteiger partial charge in [-0.25, -0.2) is 0 Å². The summed E-state index contributed by atoms with van der Waals surface area (Å²) in [4.78, 5) is 29.8. The number of aromatic nitrogens is 1. The monoisotopic (exact) mass is 282 g/mol. The number of rotatable bonds is 4. The van der Waals surface area contributed by atoms with Gasteiger partial charge in [0.2, 0.25) is 0 Å². The van der Waals surface area contributed by atoms with Gasteiger partial charge >= 0.3 is 0 Å². The number of fused-ring (bicyclic) bond motifs is 1. The quantitative estimate of drug-likeness (QED) is 0.803. The van der Waals surface area contributed by atoms with Crippen LogP contribution in [-0.2, 0) is 11.2 Å². The molecule has 0 saturated carbocycles. The van der Waals surface area contributed by atoms with Crippen LogP contribution >= 0.6 is 0 Å². The number of ether oxygens (including phenoxy) is 1. The number of methoxy groups -OCH3 is 1. The number of pyridine rings is 1. The number of Topliss-reactive ketones (excluding diaryl/α,β-unsaturated/α-hetero) is 1. The number of hydrogen-bond acceptors (Lipinski definition) is 4. The zero-order valence-corrected chi connectivity index (χ0v) is 11.6. The fourth-order valence-electron chi connectivity index (χ4n) is 2.40. The minimum atomic E-state index is -0.491. The molecule has 1 aliphatic rings. The van der Waals surface area contributed by atoms with Gasteiger partial charge in [-0.1, -0.05) is 6.07 Å². The third-order valence-corrected chi connectivity index (χ3v) is 3.50. The summed E-state index contributed by atoms with van der Waals surface area (Å²) >= 11 is 0. The molecule has 1 aromatic carbocycles. The predicted molar refractivity (Wildman–Crippen MR) is 77.6 cm³/mol. The van der Waals surface area contributed by atoms with E-state index in [1.54, 1.807) is 31.5 Å². The number of benzene rings is 1. The van der Waals surface area contributed by atoms with E-state index in [0.717, 1.165) is 5.69 Å². The van der Waals surface area contributed by atoms with Crippen LogP contribution in [0.4, 0.5) is 5.69 Å². The minimum Gasteiger partial charge on any atom is -0.497 e. The second kappa shape index (κ2) is 5.36. The highest BCUT2D eigenvalue weighted by Gasteiger charge is 2.35. The standard InChI is InChI=1S/C16H14N2O3/c1-21-12-5-6-13-14(10-12)18(16(20)15(13)19)9-7-11-4-2-3-8-17-11/h2-6,8,10H,7,9H2,1H3. The minimum absolute atomic E-state index is 0.418. The van der Waals surface area contributed by atoms with Crippen molar-refractivity contribution >= 4 is 17.4 Å². The van der Waals surface area contributed by atoms with Crippen molar-refractivity contribution in [2.45, 2.75) is 6.42 Å². The molecule has 0 radical (unpaired) electrons. The van der Waals surface area contributed by atoms with Crippen molar-refractivity contribution in [2.24, 2.45) is 0 Å². The maximum Gasteiger partial charge on any atom is 0.299 e. The molecule has 0 atom stereocenters. The van der Waals surface area contributed by atoms with Crippen LogP contribution in [0.5, 0.6) is 5.75 Å². The molecule has 1 aliphatic heterocycles. The van der Waals surface area contributed by atoms with Crippen LogP contribution in [-0.4, -0.2) is 30.3 Å². The van der Waals surface area contributed by atoms with Crippen LogP contribution in [0, 0.1) is 0 Å². The van der Waals surface area contributed by atoms with Crippen molar-refractivity contribution in [3.63, 3.8) is 0 Å². The molecule has 3 rings (SSSR count). The van der Waals surface area contributed by atoms with Crippen molar-refractivity contribution in [1.82, 2.24) is 4.98 Å². The molecular weight excluding hydrogens is 268 g/mol. The maximum absolute atomic E-state index is 12.1. The van der Waals surface area contributed by atoms with E-state index in [1.807, 2.05) is 18.2 Å². The van der Waals surface area contributed by atoms with Crippen molar-refractivity contribution in [3.8, 4) is 5.75 Å². The van der Waals surface area contributed by atoms with Gasteiger partial charge < -0.3 is 9.64 Å². The number of carbonyl (C=O) groups is 2. The maximum atomic E-state index is 12.1. The molecule has 0 spiro atoms. The highest BCUT2D eigenvalue weighted by atomic mass is 16.5. The van der Waals surface area contributed by atoms with Gasteiger partial charge in [-0.05, 0) is 24.3 Å². The number of carbonyl (C=O) groups excluding carboxylic acids is 2. The second-order valence-corrected chi connectivity index (χ2v) is 4.74.